The number of nitro groups is 2. The Hall–Kier alpha value is -4.58. The van der Waals surface area contributed by atoms with Crippen molar-refractivity contribution in [3.63, 3.8) is 0 Å². The van der Waals surface area contributed by atoms with Gasteiger partial charge in [0.15, 0.2) is 0 Å². The van der Waals surface area contributed by atoms with E-state index in [-0.39, 0.29) is 21.2 Å². The summed E-state index contributed by atoms with van der Waals surface area (Å²) in [6, 6.07) is 27.0. The highest BCUT2D eigenvalue weighted by molar-refractivity contribution is 5.96. The van der Waals surface area contributed by atoms with Crippen LogP contribution in [-0.2, 0) is 12.8 Å². The van der Waals surface area contributed by atoms with E-state index in [1.807, 2.05) is 72.8 Å². The molecule has 48 heavy (non-hydrogen) atoms. The number of fused-ring (bicyclic) bond motifs is 2. The molecule has 5 rings (SSSR count). The van der Waals surface area contributed by atoms with Gasteiger partial charge >= 0.3 is 0 Å². The van der Waals surface area contributed by atoms with Gasteiger partial charge in [-0.05, 0) is 83.3 Å². The smallest absolute Gasteiger partial charge is 0.258 e. The second-order valence-corrected chi connectivity index (χ2v) is 13.1. The summed E-state index contributed by atoms with van der Waals surface area (Å²) in [5.74, 6) is 0. The third-order valence-corrected chi connectivity index (χ3v) is 9.64. The summed E-state index contributed by atoms with van der Waals surface area (Å²) in [4.78, 5) is 24.9. The minimum atomic E-state index is -0.248. The van der Waals surface area contributed by atoms with Crippen LogP contribution < -0.4 is 0 Å². The van der Waals surface area contributed by atoms with E-state index in [0.717, 1.165) is 84.7 Å². The Morgan fingerprint density at radius 1 is 0.438 bits per heavy atom. The van der Waals surface area contributed by atoms with Gasteiger partial charge in [0.1, 0.15) is 0 Å². The van der Waals surface area contributed by atoms with Crippen LogP contribution in [0.15, 0.2) is 84.9 Å². The molecular formula is C42H48N2O4. The Bertz CT molecular complexity index is 1650. The fourth-order valence-corrected chi connectivity index (χ4v) is 7.14. The Morgan fingerprint density at radius 3 is 1.21 bits per heavy atom. The van der Waals surface area contributed by atoms with Crippen molar-refractivity contribution in [2.75, 3.05) is 0 Å². The first-order valence-corrected chi connectivity index (χ1v) is 17.9. The topological polar surface area (TPSA) is 86.3 Å². The maximum absolute atomic E-state index is 12.7. The third-order valence-electron chi connectivity index (χ3n) is 9.64. The lowest BCUT2D eigenvalue weighted by molar-refractivity contribution is -0.383. The van der Waals surface area contributed by atoms with Crippen molar-refractivity contribution in [3.8, 4) is 44.5 Å². The molecular weight excluding hydrogens is 596 g/mol. The standard InChI is InChI=1S/C42H48N2O4/c1-3-5-7-9-11-15-23-33-27-38(40-30-32-22-18-14-20-26-36(32)42(40)44(47)48)34(24-16-12-10-8-6-4-2)28-37(33)39-29-31-21-17-13-19-25-35(31)41(39)43(45)46/h13-14,17-22,25-30H,3-12,15-16,23-24H2,1-2H3. The molecule has 0 heterocycles. The number of hydrogen-bond donors (Lipinski definition) is 0. The van der Waals surface area contributed by atoms with Gasteiger partial charge in [0.05, 0.1) is 32.1 Å². The SMILES string of the molecule is CCCCCCCCc1cc(-c2cc3cccccc-3c2[N+](=O)[O-])c(CCCCCCCC)cc1-c1cc2cccccc-2c1[N+](=O)[O-]. The number of benzene rings is 1. The predicted molar refractivity (Wildman–Crippen MR) is 198 cm³/mol. The number of unbranched alkanes of at least 4 members (excludes halogenated alkanes) is 10. The highest BCUT2D eigenvalue weighted by Gasteiger charge is 2.30. The molecule has 6 nitrogen and oxygen atoms in total. The van der Waals surface area contributed by atoms with E-state index in [9.17, 15) is 20.2 Å². The molecule has 0 bridgehead atoms. The minimum absolute atomic E-state index is 0.126. The van der Waals surface area contributed by atoms with Crippen molar-refractivity contribution in [2.45, 2.75) is 104 Å². The van der Waals surface area contributed by atoms with E-state index >= 15 is 0 Å². The van der Waals surface area contributed by atoms with Gasteiger partial charge in [-0.1, -0.05) is 139 Å². The largest absolute Gasteiger partial charge is 0.284 e. The van der Waals surface area contributed by atoms with Gasteiger partial charge < -0.3 is 0 Å². The minimum Gasteiger partial charge on any atom is -0.258 e. The molecule has 1 aromatic carbocycles. The number of aryl methyl sites for hydroxylation is 2. The van der Waals surface area contributed by atoms with Crippen molar-refractivity contribution in [1.82, 2.24) is 0 Å². The zero-order valence-electron chi connectivity index (χ0n) is 28.5. The van der Waals surface area contributed by atoms with E-state index in [4.69, 9.17) is 0 Å². The average Bonchev–Trinajstić information content (AvgIpc) is 3.41. The fraction of sp³-hybridized carbons (Fsp3) is 0.381. The Labute approximate surface area is 285 Å². The highest BCUT2D eigenvalue weighted by atomic mass is 16.6. The van der Waals surface area contributed by atoms with E-state index in [0.29, 0.717) is 22.3 Å². The van der Waals surface area contributed by atoms with Crippen LogP contribution in [0.2, 0.25) is 0 Å². The first-order valence-electron chi connectivity index (χ1n) is 17.9. The highest BCUT2D eigenvalue weighted by Crippen LogP contribution is 2.49. The Morgan fingerprint density at radius 2 is 0.812 bits per heavy atom. The molecule has 0 N–H and O–H groups in total. The summed E-state index contributed by atoms with van der Waals surface area (Å²) < 4.78 is 0. The molecule has 1 aromatic rings. The predicted octanol–water partition coefficient (Wildman–Crippen LogP) is 12.9. The number of hydrogen-bond acceptors (Lipinski definition) is 4. The van der Waals surface area contributed by atoms with E-state index in [1.54, 1.807) is 0 Å². The lowest BCUT2D eigenvalue weighted by atomic mass is 9.87. The van der Waals surface area contributed by atoms with Crippen LogP contribution in [0.25, 0.3) is 44.5 Å². The van der Waals surface area contributed by atoms with E-state index in [2.05, 4.69) is 26.0 Å². The van der Waals surface area contributed by atoms with Gasteiger partial charge in [0.25, 0.3) is 11.4 Å². The van der Waals surface area contributed by atoms with E-state index in [1.165, 1.54) is 38.5 Å². The van der Waals surface area contributed by atoms with Crippen LogP contribution in [-0.4, -0.2) is 9.85 Å². The number of nitrogens with zero attached hydrogens (tertiary/aromatic N) is 2. The van der Waals surface area contributed by atoms with Gasteiger partial charge in [-0.25, -0.2) is 0 Å². The monoisotopic (exact) mass is 644 g/mol. The van der Waals surface area contributed by atoms with Crippen molar-refractivity contribution in [3.05, 3.63) is 116 Å². The fourth-order valence-electron chi connectivity index (χ4n) is 7.14. The lowest BCUT2D eigenvalue weighted by Gasteiger charge is -2.17. The maximum Gasteiger partial charge on any atom is 0.284 e. The molecule has 0 aliphatic heterocycles. The normalized spacial score (nSPS) is 11.4. The van der Waals surface area contributed by atoms with Gasteiger partial charge in [-0.15, -0.1) is 0 Å². The molecule has 4 aliphatic carbocycles. The first kappa shape index (κ1) is 34.7. The summed E-state index contributed by atoms with van der Waals surface area (Å²) in [6.07, 6.45) is 15.1. The van der Waals surface area contributed by atoms with Gasteiger partial charge in [0, 0.05) is 0 Å². The molecule has 0 saturated heterocycles. The zero-order chi connectivity index (χ0) is 33.9. The van der Waals surface area contributed by atoms with Crippen molar-refractivity contribution in [2.24, 2.45) is 0 Å². The maximum atomic E-state index is 12.7. The van der Waals surface area contributed by atoms with Crippen LogP contribution in [0, 0.1) is 20.2 Å². The van der Waals surface area contributed by atoms with Crippen molar-refractivity contribution < 1.29 is 9.85 Å². The zero-order valence-corrected chi connectivity index (χ0v) is 28.5. The van der Waals surface area contributed by atoms with Crippen LogP contribution in [0.3, 0.4) is 0 Å². The lowest BCUT2D eigenvalue weighted by Crippen LogP contribution is -2.00. The summed E-state index contributed by atoms with van der Waals surface area (Å²) in [7, 11) is 0. The quantitative estimate of drug-likeness (QED) is 0.0539. The van der Waals surface area contributed by atoms with Gasteiger partial charge in [-0.3, -0.25) is 20.2 Å². The van der Waals surface area contributed by atoms with Crippen LogP contribution in [0.5, 0.6) is 0 Å². The molecule has 250 valence electrons. The van der Waals surface area contributed by atoms with Gasteiger partial charge in [-0.2, -0.15) is 0 Å². The molecule has 6 heteroatoms. The van der Waals surface area contributed by atoms with Crippen LogP contribution in [0.4, 0.5) is 11.4 Å². The summed E-state index contributed by atoms with van der Waals surface area (Å²) in [5, 5.41) is 25.4. The summed E-state index contributed by atoms with van der Waals surface area (Å²) in [6.45, 7) is 4.42. The van der Waals surface area contributed by atoms with Crippen LogP contribution >= 0.6 is 0 Å². The van der Waals surface area contributed by atoms with E-state index < -0.39 is 0 Å². The summed E-state index contributed by atoms with van der Waals surface area (Å²) >= 11 is 0. The molecule has 0 radical (unpaired) electrons. The molecule has 0 atom stereocenters. The molecule has 0 saturated carbocycles. The molecule has 0 spiro atoms. The first-order chi connectivity index (χ1) is 23.4. The van der Waals surface area contributed by atoms with Gasteiger partial charge in [0.2, 0.25) is 0 Å². The number of rotatable bonds is 18. The average molecular weight is 645 g/mol. The van der Waals surface area contributed by atoms with Crippen LogP contribution in [0.1, 0.15) is 102 Å². The second-order valence-electron chi connectivity index (χ2n) is 13.1. The third kappa shape index (κ3) is 8.10. The summed E-state index contributed by atoms with van der Waals surface area (Å²) in [5.41, 5.74) is 8.21. The second kappa shape index (κ2) is 17.0. The molecule has 0 fully saturated rings. The molecule has 0 aromatic heterocycles. The Balaban J connectivity index is 1.70. The molecule has 0 amide bonds. The Kier molecular flexibility index (Phi) is 12.3. The van der Waals surface area contributed by atoms with Crippen molar-refractivity contribution >= 4 is 11.4 Å². The molecule has 0 unspecified atom stereocenters. The molecule has 4 aliphatic rings. The van der Waals surface area contributed by atoms with Crippen molar-refractivity contribution in [1.29, 1.82) is 0 Å².